The number of hydrogen-bond acceptors (Lipinski definition) is 5. The van der Waals surface area contributed by atoms with Crippen LogP contribution in [-0.2, 0) is 4.79 Å². The number of likely N-dealkylation sites (tertiary alicyclic amines) is 1. The lowest BCUT2D eigenvalue weighted by Gasteiger charge is -2.30. The topological polar surface area (TPSA) is 98.7 Å². The van der Waals surface area contributed by atoms with Crippen molar-refractivity contribution in [3.8, 4) is 17.1 Å². The molecule has 7 heteroatoms. The Morgan fingerprint density at radius 2 is 2.08 bits per heavy atom. The molecule has 24 heavy (non-hydrogen) atoms. The minimum absolute atomic E-state index is 0.163. The number of piperidine rings is 1. The minimum Gasteiger partial charge on any atom is -0.497 e. The third-order valence-electron chi connectivity index (χ3n) is 4.29. The first-order chi connectivity index (χ1) is 11.6. The van der Waals surface area contributed by atoms with E-state index < -0.39 is 0 Å². The van der Waals surface area contributed by atoms with Gasteiger partial charge < -0.3 is 19.8 Å². The summed E-state index contributed by atoms with van der Waals surface area (Å²) in [6.45, 7) is 0.966. The highest BCUT2D eigenvalue weighted by Gasteiger charge is 2.29. The number of ether oxygens (including phenoxy) is 1. The largest absolute Gasteiger partial charge is 0.497 e. The standard InChI is InChI=1S/C17H19N3O4/c1-23-13-4-2-3-12(9-13)15-14(19-10-24-15)17(22)20-7-5-11(6-8-20)16(18)21/h2-4,9-11H,5-8H2,1H3,(H2,18,21). The second-order valence-electron chi connectivity index (χ2n) is 5.73. The lowest BCUT2D eigenvalue weighted by atomic mass is 9.96. The predicted octanol–water partition coefficient (Wildman–Crippen LogP) is 1.69. The van der Waals surface area contributed by atoms with Crippen molar-refractivity contribution in [1.82, 2.24) is 9.88 Å². The summed E-state index contributed by atoms with van der Waals surface area (Å²) >= 11 is 0. The van der Waals surface area contributed by atoms with Crippen molar-refractivity contribution in [2.75, 3.05) is 20.2 Å². The average molecular weight is 329 g/mol. The van der Waals surface area contributed by atoms with Gasteiger partial charge in [-0.05, 0) is 25.0 Å². The molecule has 1 fully saturated rings. The predicted molar refractivity (Wildman–Crippen MR) is 86.3 cm³/mol. The summed E-state index contributed by atoms with van der Waals surface area (Å²) in [7, 11) is 1.58. The van der Waals surface area contributed by atoms with Gasteiger partial charge in [0.1, 0.15) is 5.75 Å². The number of amides is 2. The number of aromatic nitrogens is 1. The van der Waals surface area contributed by atoms with E-state index in [9.17, 15) is 9.59 Å². The van der Waals surface area contributed by atoms with Crippen LogP contribution >= 0.6 is 0 Å². The van der Waals surface area contributed by atoms with Crippen LogP contribution in [0.5, 0.6) is 5.75 Å². The van der Waals surface area contributed by atoms with E-state index in [1.54, 1.807) is 18.1 Å². The van der Waals surface area contributed by atoms with Gasteiger partial charge in [0.2, 0.25) is 5.91 Å². The molecular formula is C17H19N3O4. The molecule has 0 radical (unpaired) electrons. The molecule has 7 nitrogen and oxygen atoms in total. The highest BCUT2D eigenvalue weighted by molar-refractivity contribution is 5.97. The van der Waals surface area contributed by atoms with Crippen LogP contribution in [0.3, 0.4) is 0 Å². The first kappa shape index (κ1) is 16.0. The molecule has 0 atom stereocenters. The molecule has 126 valence electrons. The number of methoxy groups -OCH3 is 1. The first-order valence-corrected chi connectivity index (χ1v) is 7.76. The van der Waals surface area contributed by atoms with Gasteiger partial charge in [0.25, 0.3) is 5.91 Å². The number of oxazole rings is 1. The van der Waals surface area contributed by atoms with Crippen molar-refractivity contribution in [3.63, 3.8) is 0 Å². The Kier molecular flexibility index (Phi) is 4.50. The van der Waals surface area contributed by atoms with Crippen LogP contribution in [0.2, 0.25) is 0 Å². The summed E-state index contributed by atoms with van der Waals surface area (Å²) in [4.78, 5) is 29.7. The van der Waals surface area contributed by atoms with E-state index in [-0.39, 0.29) is 23.4 Å². The molecule has 2 N–H and O–H groups in total. The lowest BCUT2D eigenvalue weighted by molar-refractivity contribution is -0.123. The number of hydrogen-bond donors (Lipinski definition) is 1. The fourth-order valence-corrected chi connectivity index (χ4v) is 2.88. The molecular weight excluding hydrogens is 310 g/mol. The second kappa shape index (κ2) is 6.74. The number of rotatable bonds is 4. The van der Waals surface area contributed by atoms with Crippen molar-refractivity contribution in [1.29, 1.82) is 0 Å². The molecule has 1 saturated heterocycles. The fraction of sp³-hybridized carbons (Fsp3) is 0.353. The zero-order valence-electron chi connectivity index (χ0n) is 13.4. The molecule has 2 aromatic rings. The van der Waals surface area contributed by atoms with Gasteiger partial charge in [0, 0.05) is 24.6 Å². The van der Waals surface area contributed by atoms with Crippen molar-refractivity contribution in [2.24, 2.45) is 11.7 Å². The van der Waals surface area contributed by atoms with Crippen molar-refractivity contribution >= 4 is 11.8 Å². The normalized spacial score (nSPS) is 15.3. The van der Waals surface area contributed by atoms with Crippen LogP contribution in [0.1, 0.15) is 23.3 Å². The van der Waals surface area contributed by atoms with Crippen LogP contribution in [-0.4, -0.2) is 41.9 Å². The number of nitrogens with two attached hydrogens (primary N) is 1. The first-order valence-electron chi connectivity index (χ1n) is 7.76. The number of primary amides is 1. The maximum atomic E-state index is 12.7. The van der Waals surface area contributed by atoms with Gasteiger partial charge in [-0.2, -0.15) is 0 Å². The van der Waals surface area contributed by atoms with Crippen LogP contribution in [0.4, 0.5) is 0 Å². The molecule has 0 spiro atoms. The van der Waals surface area contributed by atoms with Gasteiger partial charge in [0.15, 0.2) is 17.8 Å². The van der Waals surface area contributed by atoms with E-state index in [0.717, 1.165) is 5.56 Å². The van der Waals surface area contributed by atoms with Crippen molar-refractivity contribution in [3.05, 3.63) is 36.4 Å². The molecule has 3 rings (SSSR count). The van der Waals surface area contributed by atoms with E-state index in [0.29, 0.717) is 37.4 Å². The molecule has 1 aromatic heterocycles. The van der Waals surface area contributed by atoms with Gasteiger partial charge in [-0.3, -0.25) is 9.59 Å². The zero-order valence-corrected chi connectivity index (χ0v) is 13.4. The Morgan fingerprint density at radius 1 is 1.33 bits per heavy atom. The quantitative estimate of drug-likeness (QED) is 0.920. The van der Waals surface area contributed by atoms with Crippen LogP contribution in [0.25, 0.3) is 11.3 Å². The number of nitrogens with zero attached hydrogens (tertiary/aromatic N) is 2. The molecule has 1 aromatic carbocycles. The van der Waals surface area contributed by atoms with Crippen molar-refractivity contribution in [2.45, 2.75) is 12.8 Å². The minimum atomic E-state index is -0.305. The Balaban J connectivity index is 1.80. The van der Waals surface area contributed by atoms with E-state index in [4.69, 9.17) is 14.9 Å². The lowest BCUT2D eigenvalue weighted by Crippen LogP contribution is -2.42. The number of benzene rings is 1. The SMILES string of the molecule is COc1cccc(-c2ocnc2C(=O)N2CCC(C(N)=O)CC2)c1. The van der Waals surface area contributed by atoms with Crippen LogP contribution < -0.4 is 10.5 Å². The highest BCUT2D eigenvalue weighted by atomic mass is 16.5. The third kappa shape index (κ3) is 3.10. The van der Waals surface area contributed by atoms with Gasteiger partial charge in [-0.1, -0.05) is 12.1 Å². The van der Waals surface area contributed by atoms with E-state index in [1.807, 2.05) is 18.2 Å². The Morgan fingerprint density at radius 3 is 2.75 bits per heavy atom. The average Bonchev–Trinajstić information content (AvgIpc) is 3.11. The molecule has 1 aliphatic rings. The van der Waals surface area contributed by atoms with E-state index >= 15 is 0 Å². The van der Waals surface area contributed by atoms with Crippen LogP contribution in [0, 0.1) is 5.92 Å². The van der Waals surface area contributed by atoms with E-state index in [1.165, 1.54) is 6.39 Å². The molecule has 0 aliphatic carbocycles. The summed E-state index contributed by atoms with van der Waals surface area (Å²) in [6.07, 6.45) is 2.42. The third-order valence-corrected chi connectivity index (χ3v) is 4.29. The Labute approximate surface area is 139 Å². The second-order valence-corrected chi connectivity index (χ2v) is 5.73. The monoisotopic (exact) mass is 329 g/mol. The number of carbonyl (C=O) groups is 2. The summed E-state index contributed by atoms with van der Waals surface area (Å²) in [6, 6.07) is 7.26. The van der Waals surface area contributed by atoms with Gasteiger partial charge in [0.05, 0.1) is 7.11 Å². The Hall–Kier alpha value is -2.83. The summed E-state index contributed by atoms with van der Waals surface area (Å²) in [5.41, 5.74) is 6.32. The molecule has 0 bridgehead atoms. The highest BCUT2D eigenvalue weighted by Crippen LogP contribution is 2.28. The molecule has 0 unspecified atom stereocenters. The summed E-state index contributed by atoms with van der Waals surface area (Å²) < 4.78 is 10.6. The fourth-order valence-electron chi connectivity index (χ4n) is 2.88. The molecule has 2 amide bonds. The maximum Gasteiger partial charge on any atom is 0.276 e. The molecule has 0 saturated carbocycles. The number of carbonyl (C=O) groups excluding carboxylic acids is 2. The maximum absolute atomic E-state index is 12.7. The molecule has 1 aliphatic heterocycles. The summed E-state index contributed by atoms with van der Waals surface area (Å²) in [5.74, 6) is 0.412. The Bertz CT molecular complexity index is 748. The van der Waals surface area contributed by atoms with Gasteiger partial charge in [-0.25, -0.2) is 4.98 Å². The van der Waals surface area contributed by atoms with E-state index in [2.05, 4.69) is 4.98 Å². The van der Waals surface area contributed by atoms with Crippen molar-refractivity contribution < 1.29 is 18.7 Å². The van der Waals surface area contributed by atoms with Crippen LogP contribution in [0.15, 0.2) is 35.1 Å². The molecule has 2 heterocycles. The van der Waals surface area contributed by atoms with Gasteiger partial charge >= 0.3 is 0 Å². The summed E-state index contributed by atoms with van der Waals surface area (Å²) in [5, 5.41) is 0. The van der Waals surface area contributed by atoms with Gasteiger partial charge in [-0.15, -0.1) is 0 Å². The smallest absolute Gasteiger partial charge is 0.276 e. The zero-order chi connectivity index (χ0) is 17.1.